The van der Waals surface area contributed by atoms with E-state index in [9.17, 15) is 9.59 Å². The van der Waals surface area contributed by atoms with Crippen molar-refractivity contribution < 1.29 is 4.79 Å². The molecule has 0 aliphatic heterocycles. The fourth-order valence-electron chi connectivity index (χ4n) is 1.82. The van der Waals surface area contributed by atoms with Gasteiger partial charge >= 0.3 is 0 Å². The van der Waals surface area contributed by atoms with Crippen molar-refractivity contribution in [1.82, 2.24) is 4.57 Å². The second-order valence-electron chi connectivity index (χ2n) is 4.04. The van der Waals surface area contributed by atoms with Crippen molar-refractivity contribution in [2.45, 2.75) is 6.92 Å². The zero-order valence-electron chi connectivity index (χ0n) is 10.6. The molecule has 1 aromatic carbocycles. The van der Waals surface area contributed by atoms with Gasteiger partial charge in [0.1, 0.15) is 0 Å². The summed E-state index contributed by atoms with van der Waals surface area (Å²) in [5.41, 5.74) is 0.277. The summed E-state index contributed by atoms with van der Waals surface area (Å²) >= 11 is 11.8. The zero-order valence-corrected chi connectivity index (χ0v) is 12.2. The number of ketones is 1. The van der Waals surface area contributed by atoms with Gasteiger partial charge in [0, 0.05) is 22.8 Å². The Morgan fingerprint density at radius 3 is 2.55 bits per heavy atom. The number of hydrogen-bond acceptors (Lipinski definition) is 2. The Morgan fingerprint density at radius 1 is 1.20 bits per heavy atom. The van der Waals surface area contributed by atoms with Crippen LogP contribution in [0.3, 0.4) is 0 Å². The van der Waals surface area contributed by atoms with E-state index in [0.29, 0.717) is 10.6 Å². The lowest BCUT2D eigenvalue weighted by Crippen LogP contribution is -2.21. The van der Waals surface area contributed by atoms with Crippen molar-refractivity contribution in [2.24, 2.45) is 0 Å². The van der Waals surface area contributed by atoms with Crippen LogP contribution in [0.15, 0.2) is 53.5 Å². The van der Waals surface area contributed by atoms with Gasteiger partial charge in [-0.15, -0.1) is 0 Å². The number of halogens is 2. The highest BCUT2D eigenvalue weighted by Crippen LogP contribution is 2.24. The molecule has 0 aliphatic carbocycles. The van der Waals surface area contributed by atoms with Gasteiger partial charge < -0.3 is 0 Å². The number of rotatable bonds is 3. The van der Waals surface area contributed by atoms with Crippen molar-refractivity contribution >= 4 is 34.7 Å². The van der Waals surface area contributed by atoms with Gasteiger partial charge in [-0.1, -0.05) is 35.3 Å². The quantitative estimate of drug-likeness (QED) is 0.637. The standard InChI is InChI=1S/C15H11Cl2NO2/c1-2-13(18-8-4-3-5-14(18)19)15(20)11-7-6-10(16)9-12(11)17/h2-9H,1H3/b13-2+. The minimum absolute atomic E-state index is 0.250. The summed E-state index contributed by atoms with van der Waals surface area (Å²) in [6.07, 6.45) is 3.12. The highest BCUT2D eigenvalue weighted by Gasteiger charge is 2.17. The van der Waals surface area contributed by atoms with E-state index in [1.165, 1.54) is 16.7 Å². The van der Waals surface area contributed by atoms with Crippen LogP contribution in [0.1, 0.15) is 17.3 Å². The lowest BCUT2D eigenvalue weighted by Gasteiger charge is -2.10. The molecule has 0 saturated heterocycles. The van der Waals surface area contributed by atoms with Gasteiger partial charge in [0.15, 0.2) is 0 Å². The largest absolute Gasteiger partial charge is 0.287 e. The number of benzene rings is 1. The minimum atomic E-state index is -0.331. The van der Waals surface area contributed by atoms with E-state index in [1.54, 1.807) is 43.5 Å². The van der Waals surface area contributed by atoms with E-state index >= 15 is 0 Å². The molecule has 20 heavy (non-hydrogen) atoms. The van der Waals surface area contributed by atoms with Crippen molar-refractivity contribution in [1.29, 1.82) is 0 Å². The molecule has 0 saturated carbocycles. The van der Waals surface area contributed by atoms with Crippen LogP contribution < -0.4 is 5.56 Å². The number of allylic oxidation sites excluding steroid dienone is 2. The lowest BCUT2D eigenvalue weighted by molar-refractivity contribution is 0.105. The maximum absolute atomic E-state index is 12.5. The second kappa shape index (κ2) is 6.07. The third kappa shape index (κ3) is 2.84. The first-order chi connectivity index (χ1) is 9.54. The molecule has 5 heteroatoms. The maximum Gasteiger partial charge on any atom is 0.255 e. The van der Waals surface area contributed by atoms with E-state index in [2.05, 4.69) is 0 Å². The molecule has 2 rings (SSSR count). The van der Waals surface area contributed by atoms with E-state index in [-0.39, 0.29) is 22.1 Å². The molecule has 0 unspecified atom stereocenters. The Labute approximate surface area is 126 Å². The monoisotopic (exact) mass is 307 g/mol. The molecule has 0 spiro atoms. The van der Waals surface area contributed by atoms with Crippen LogP contribution in [0.4, 0.5) is 0 Å². The normalized spacial score (nSPS) is 11.4. The van der Waals surface area contributed by atoms with E-state index < -0.39 is 0 Å². The highest BCUT2D eigenvalue weighted by atomic mass is 35.5. The summed E-state index contributed by atoms with van der Waals surface area (Å²) in [5.74, 6) is -0.331. The molecule has 0 radical (unpaired) electrons. The molecule has 0 N–H and O–H groups in total. The predicted octanol–water partition coefficient (Wildman–Crippen LogP) is 3.90. The van der Waals surface area contributed by atoms with Crippen LogP contribution in [0.25, 0.3) is 5.70 Å². The first kappa shape index (κ1) is 14.6. The third-order valence-corrected chi connectivity index (χ3v) is 3.31. The van der Waals surface area contributed by atoms with Crippen LogP contribution in [-0.2, 0) is 0 Å². The van der Waals surface area contributed by atoms with E-state index in [4.69, 9.17) is 23.2 Å². The van der Waals surface area contributed by atoms with Gasteiger partial charge in [0.2, 0.25) is 5.78 Å². The number of carbonyl (C=O) groups is 1. The van der Waals surface area contributed by atoms with Crippen LogP contribution in [0, 0.1) is 0 Å². The van der Waals surface area contributed by atoms with Crippen molar-refractivity contribution in [3.05, 3.63) is 74.6 Å². The van der Waals surface area contributed by atoms with Gasteiger partial charge in [-0.05, 0) is 31.2 Å². The first-order valence-corrected chi connectivity index (χ1v) is 6.64. The van der Waals surface area contributed by atoms with Crippen molar-refractivity contribution in [2.75, 3.05) is 0 Å². The molecule has 102 valence electrons. The van der Waals surface area contributed by atoms with Gasteiger partial charge in [0.05, 0.1) is 10.7 Å². The number of pyridine rings is 1. The Balaban J connectivity index is 2.51. The minimum Gasteiger partial charge on any atom is -0.287 e. The first-order valence-electron chi connectivity index (χ1n) is 5.88. The molecule has 2 aromatic rings. The van der Waals surface area contributed by atoms with Crippen molar-refractivity contribution in [3.63, 3.8) is 0 Å². The van der Waals surface area contributed by atoms with Crippen LogP contribution in [-0.4, -0.2) is 10.4 Å². The number of Topliss-reactive ketones (excluding diaryl/α,β-unsaturated/α-hetero) is 1. The van der Waals surface area contributed by atoms with Crippen molar-refractivity contribution in [3.8, 4) is 0 Å². The molecule has 1 heterocycles. The van der Waals surface area contributed by atoms with Crippen LogP contribution in [0.5, 0.6) is 0 Å². The fraction of sp³-hybridized carbons (Fsp3) is 0.0667. The molecule has 3 nitrogen and oxygen atoms in total. The maximum atomic E-state index is 12.5. The third-order valence-electron chi connectivity index (χ3n) is 2.76. The van der Waals surface area contributed by atoms with Crippen LogP contribution >= 0.6 is 23.2 Å². The number of carbonyl (C=O) groups excluding carboxylic acids is 1. The Morgan fingerprint density at radius 2 is 1.95 bits per heavy atom. The average Bonchev–Trinajstić information content (AvgIpc) is 2.41. The number of hydrogen-bond donors (Lipinski definition) is 0. The second-order valence-corrected chi connectivity index (χ2v) is 4.88. The fourth-order valence-corrected chi connectivity index (χ4v) is 2.31. The Kier molecular flexibility index (Phi) is 4.42. The molecular formula is C15H11Cl2NO2. The summed E-state index contributed by atoms with van der Waals surface area (Å²) in [6.45, 7) is 1.69. The number of aromatic nitrogens is 1. The van der Waals surface area contributed by atoms with Gasteiger partial charge in [-0.3, -0.25) is 14.2 Å². The Hall–Kier alpha value is -1.84. The molecule has 0 bridgehead atoms. The average molecular weight is 308 g/mol. The van der Waals surface area contributed by atoms with Gasteiger partial charge in [-0.25, -0.2) is 0 Å². The summed E-state index contributed by atoms with van der Waals surface area (Å²) in [5, 5.41) is 0.705. The number of nitrogens with zero attached hydrogens (tertiary/aromatic N) is 1. The summed E-state index contributed by atoms with van der Waals surface area (Å²) in [6, 6.07) is 9.32. The van der Waals surface area contributed by atoms with Gasteiger partial charge in [0.25, 0.3) is 5.56 Å². The SMILES string of the molecule is C/C=C(\C(=O)c1ccc(Cl)cc1Cl)n1ccccc1=O. The molecular weight excluding hydrogens is 297 g/mol. The zero-order chi connectivity index (χ0) is 14.7. The summed E-state index contributed by atoms with van der Waals surface area (Å²) < 4.78 is 1.28. The predicted molar refractivity (Wildman–Crippen MR) is 81.4 cm³/mol. The molecule has 0 fully saturated rings. The molecule has 0 aliphatic rings. The Bertz CT molecular complexity index is 748. The summed E-state index contributed by atoms with van der Waals surface area (Å²) in [7, 11) is 0. The molecule has 0 atom stereocenters. The molecule has 0 amide bonds. The van der Waals surface area contributed by atoms with E-state index in [0.717, 1.165) is 0 Å². The van der Waals surface area contributed by atoms with Gasteiger partial charge in [-0.2, -0.15) is 0 Å². The topological polar surface area (TPSA) is 39.1 Å². The highest BCUT2D eigenvalue weighted by molar-refractivity contribution is 6.39. The molecule has 1 aromatic heterocycles. The van der Waals surface area contributed by atoms with Crippen LogP contribution in [0.2, 0.25) is 10.0 Å². The van der Waals surface area contributed by atoms with E-state index in [1.807, 2.05) is 0 Å². The lowest BCUT2D eigenvalue weighted by atomic mass is 10.1. The smallest absolute Gasteiger partial charge is 0.255 e. The summed E-state index contributed by atoms with van der Waals surface area (Å²) in [4.78, 5) is 24.3.